The summed E-state index contributed by atoms with van der Waals surface area (Å²) in [5.41, 5.74) is 9.98. The number of aromatic amines is 1. The molecular formula is C16H19N7O. The Hall–Kier alpha value is -3.16. The van der Waals surface area contributed by atoms with E-state index in [1.165, 1.54) is 0 Å². The van der Waals surface area contributed by atoms with Gasteiger partial charge in [0.1, 0.15) is 5.52 Å². The number of aryl methyl sites for hydroxylation is 1. The zero-order valence-corrected chi connectivity index (χ0v) is 13.7. The second-order valence-corrected chi connectivity index (χ2v) is 5.87. The number of H-pyrrole nitrogens is 1. The van der Waals surface area contributed by atoms with Crippen LogP contribution in [0.1, 0.15) is 19.5 Å². The number of rotatable bonds is 3. The predicted octanol–water partition coefficient (Wildman–Crippen LogP) is 2.44. The van der Waals surface area contributed by atoms with Crippen molar-refractivity contribution in [2.75, 3.05) is 11.1 Å². The Morgan fingerprint density at radius 2 is 2.04 bits per heavy atom. The first-order valence-electron chi connectivity index (χ1n) is 7.59. The van der Waals surface area contributed by atoms with E-state index in [1.807, 2.05) is 39.1 Å². The molecule has 0 unspecified atom stereocenters. The zero-order valence-electron chi connectivity index (χ0n) is 13.7. The monoisotopic (exact) mass is 325 g/mol. The summed E-state index contributed by atoms with van der Waals surface area (Å²) in [7, 11) is 0. The van der Waals surface area contributed by atoms with E-state index in [2.05, 4.69) is 31.0 Å². The van der Waals surface area contributed by atoms with Crippen LogP contribution in [0.4, 0.5) is 16.3 Å². The summed E-state index contributed by atoms with van der Waals surface area (Å²) in [6.07, 6.45) is 1.82. The van der Waals surface area contributed by atoms with Crippen LogP contribution in [0.25, 0.3) is 22.0 Å². The predicted molar refractivity (Wildman–Crippen MR) is 93.6 cm³/mol. The first kappa shape index (κ1) is 15.7. The van der Waals surface area contributed by atoms with Crippen LogP contribution < -0.4 is 16.4 Å². The largest absolute Gasteiger partial charge is 0.397 e. The number of aromatic nitrogens is 4. The van der Waals surface area contributed by atoms with E-state index in [1.54, 1.807) is 6.07 Å². The summed E-state index contributed by atoms with van der Waals surface area (Å²) in [5.74, 6) is 0.362. The third-order valence-corrected chi connectivity index (χ3v) is 3.52. The number of hydrogen-bond acceptors (Lipinski definition) is 5. The third-order valence-electron chi connectivity index (χ3n) is 3.52. The van der Waals surface area contributed by atoms with Gasteiger partial charge in [0.05, 0.1) is 11.4 Å². The number of fused-ring (bicyclic) bond motifs is 1. The average molecular weight is 325 g/mol. The van der Waals surface area contributed by atoms with Gasteiger partial charge in [0.25, 0.3) is 0 Å². The number of benzene rings is 1. The van der Waals surface area contributed by atoms with Gasteiger partial charge in [-0.25, -0.2) is 4.79 Å². The Bertz CT molecular complexity index is 901. The summed E-state index contributed by atoms with van der Waals surface area (Å²) in [6, 6.07) is 5.24. The lowest BCUT2D eigenvalue weighted by Gasteiger charge is -2.10. The maximum absolute atomic E-state index is 11.8. The maximum Gasteiger partial charge on any atom is 0.320 e. The van der Waals surface area contributed by atoms with Gasteiger partial charge in [0.2, 0.25) is 0 Å². The van der Waals surface area contributed by atoms with E-state index in [-0.39, 0.29) is 12.1 Å². The van der Waals surface area contributed by atoms with Crippen molar-refractivity contribution in [3.8, 4) is 11.1 Å². The fourth-order valence-electron chi connectivity index (χ4n) is 2.47. The van der Waals surface area contributed by atoms with E-state index in [9.17, 15) is 4.79 Å². The minimum Gasteiger partial charge on any atom is -0.397 e. The Balaban J connectivity index is 1.99. The SMILES string of the molecule is Cc1n[nH]cc1-c1cc(N)c2nnc(NC(=O)NC(C)C)cc2c1. The molecule has 0 fully saturated rings. The molecule has 5 N–H and O–H groups in total. The van der Waals surface area contributed by atoms with Crippen molar-refractivity contribution in [1.29, 1.82) is 0 Å². The summed E-state index contributed by atoms with van der Waals surface area (Å²) >= 11 is 0. The molecule has 24 heavy (non-hydrogen) atoms. The van der Waals surface area contributed by atoms with Crippen LogP contribution in [0.3, 0.4) is 0 Å². The zero-order chi connectivity index (χ0) is 17.3. The number of urea groups is 1. The fourth-order valence-corrected chi connectivity index (χ4v) is 2.47. The molecule has 0 radical (unpaired) electrons. The highest BCUT2D eigenvalue weighted by atomic mass is 16.2. The quantitative estimate of drug-likeness (QED) is 0.551. The summed E-state index contributed by atoms with van der Waals surface area (Å²) in [4.78, 5) is 11.8. The smallest absolute Gasteiger partial charge is 0.320 e. The number of carbonyl (C=O) groups is 1. The lowest BCUT2D eigenvalue weighted by molar-refractivity contribution is 0.250. The number of amides is 2. The molecule has 2 amide bonds. The van der Waals surface area contributed by atoms with E-state index in [0.29, 0.717) is 17.0 Å². The molecular weight excluding hydrogens is 306 g/mol. The van der Waals surface area contributed by atoms with E-state index in [4.69, 9.17) is 5.73 Å². The molecule has 3 aromatic rings. The molecule has 2 heterocycles. The first-order chi connectivity index (χ1) is 11.4. The molecule has 1 aromatic carbocycles. The molecule has 124 valence electrons. The molecule has 0 spiro atoms. The third kappa shape index (κ3) is 3.12. The number of anilines is 2. The number of carbonyl (C=O) groups excluding carboxylic acids is 1. The molecule has 8 nitrogen and oxygen atoms in total. The molecule has 0 saturated heterocycles. The van der Waals surface area contributed by atoms with Gasteiger partial charge in [0.15, 0.2) is 5.82 Å². The van der Waals surface area contributed by atoms with Gasteiger partial charge in [-0.15, -0.1) is 10.2 Å². The van der Waals surface area contributed by atoms with Gasteiger partial charge in [-0.3, -0.25) is 10.4 Å². The fraction of sp³-hybridized carbons (Fsp3) is 0.250. The van der Waals surface area contributed by atoms with Crippen LogP contribution in [0.15, 0.2) is 24.4 Å². The molecule has 0 atom stereocenters. The van der Waals surface area contributed by atoms with Crippen LogP contribution in [-0.2, 0) is 0 Å². The van der Waals surface area contributed by atoms with E-state index >= 15 is 0 Å². The lowest BCUT2D eigenvalue weighted by Crippen LogP contribution is -2.34. The maximum atomic E-state index is 11.8. The van der Waals surface area contributed by atoms with Crippen LogP contribution in [-0.4, -0.2) is 32.5 Å². The molecule has 8 heteroatoms. The molecule has 0 saturated carbocycles. The van der Waals surface area contributed by atoms with E-state index in [0.717, 1.165) is 22.2 Å². The Kier molecular flexibility index (Phi) is 4.03. The van der Waals surface area contributed by atoms with Gasteiger partial charge in [0, 0.05) is 23.2 Å². The number of nitrogen functional groups attached to an aromatic ring is 1. The molecule has 3 rings (SSSR count). The lowest BCUT2D eigenvalue weighted by atomic mass is 10.0. The molecule has 0 aliphatic carbocycles. The van der Waals surface area contributed by atoms with Crippen molar-refractivity contribution in [2.24, 2.45) is 0 Å². The second-order valence-electron chi connectivity index (χ2n) is 5.87. The number of nitrogens with one attached hydrogen (secondary N) is 3. The molecule has 0 bridgehead atoms. The average Bonchev–Trinajstić information content (AvgIpc) is 2.92. The van der Waals surface area contributed by atoms with Crippen LogP contribution in [0.2, 0.25) is 0 Å². The van der Waals surface area contributed by atoms with Crippen LogP contribution in [0, 0.1) is 6.92 Å². The minimum atomic E-state index is -0.326. The molecule has 0 aliphatic rings. The number of hydrogen-bond donors (Lipinski definition) is 4. The van der Waals surface area contributed by atoms with Crippen LogP contribution in [0.5, 0.6) is 0 Å². The topological polar surface area (TPSA) is 122 Å². The minimum absolute atomic E-state index is 0.0322. The molecule has 0 aliphatic heterocycles. The highest BCUT2D eigenvalue weighted by Gasteiger charge is 2.11. The van der Waals surface area contributed by atoms with Gasteiger partial charge < -0.3 is 11.1 Å². The van der Waals surface area contributed by atoms with Crippen molar-refractivity contribution < 1.29 is 4.79 Å². The Morgan fingerprint density at radius 3 is 2.71 bits per heavy atom. The standard InChI is InChI=1S/C16H19N7O/c1-8(2)19-16(24)20-14-6-11-4-10(12-7-18-21-9(12)3)5-13(17)15(11)23-22-14/h4-8H,17H2,1-3H3,(H,18,21)(H2,19,20,22,24). The first-order valence-corrected chi connectivity index (χ1v) is 7.59. The highest BCUT2D eigenvalue weighted by Crippen LogP contribution is 2.29. The second kappa shape index (κ2) is 6.15. The number of nitrogens with zero attached hydrogens (tertiary/aromatic N) is 3. The van der Waals surface area contributed by atoms with Gasteiger partial charge in [-0.1, -0.05) is 0 Å². The van der Waals surface area contributed by atoms with Crippen LogP contribution >= 0.6 is 0 Å². The van der Waals surface area contributed by atoms with Gasteiger partial charge in [-0.05, 0) is 44.5 Å². The summed E-state index contributed by atoms with van der Waals surface area (Å²) in [6.45, 7) is 5.68. The Labute approximate surface area is 138 Å². The van der Waals surface area contributed by atoms with Gasteiger partial charge in [-0.2, -0.15) is 5.10 Å². The Morgan fingerprint density at radius 1 is 1.25 bits per heavy atom. The van der Waals surface area contributed by atoms with Gasteiger partial charge >= 0.3 is 6.03 Å². The summed E-state index contributed by atoms with van der Waals surface area (Å²) in [5, 5.41) is 21.3. The van der Waals surface area contributed by atoms with E-state index < -0.39 is 0 Å². The number of nitrogens with two attached hydrogens (primary N) is 1. The van der Waals surface area contributed by atoms with Crippen molar-refractivity contribution >= 4 is 28.4 Å². The highest BCUT2D eigenvalue weighted by molar-refractivity contribution is 5.96. The van der Waals surface area contributed by atoms with Crippen molar-refractivity contribution in [2.45, 2.75) is 26.8 Å². The normalized spacial score (nSPS) is 11.0. The van der Waals surface area contributed by atoms with Crippen molar-refractivity contribution in [1.82, 2.24) is 25.7 Å². The van der Waals surface area contributed by atoms with Crippen molar-refractivity contribution in [3.63, 3.8) is 0 Å². The molecule has 2 aromatic heterocycles. The van der Waals surface area contributed by atoms with Crippen molar-refractivity contribution in [3.05, 3.63) is 30.1 Å². The summed E-state index contributed by atoms with van der Waals surface area (Å²) < 4.78 is 0.